The Hall–Kier alpha value is -3.10. The first-order valence-electron chi connectivity index (χ1n) is 8.09. The van der Waals surface area contributed by atoms with Crippen molar-refractivity contribution in [2.24, 2.45) is 0 Å². The molecule has 0 saturated heterocycles. The summed E-state index contributed by atoms with van der Waals surface area (Å²) in [5.41, 5.74) is 0.440. The fraction of sp³-hybridized carbons (Fsp3) is 0.412. The van der Waals surface area contributed by atoms with E-state index >= 15 is 0 Å². The molecule has 26 heavy (non-hydrogen) atoms. The van der Waals surface area contributed by atoms with Crippen molar-refractivity contribution in [3.63, 3.8) is 0 Å². The second kappa shape index (κ2) is 6.66. The monoisotopic (exact) mass is 360 g/mol. The predicted octanol–water partition coefficient (Wildman–Crippen LogP) is 2.27. The second-order valence-electron chi connectivity index (χ2n) is 6.86. The van der Waals surface area contributed by atoms with E-state index in [0.717, 1.165) is 0 Å². The molecule has 2 heterocycles. The van der Waals surface area contributed by atoms with Gasteiger partial charge in [-0.25, -0.2) is 4.79 Å². The van der Waals surface area contributed by atoms with Crippen LogP contribution in [-0.2, 0) is 9.53 Å². The quantitative estimate of drug-likeness (QED) is 0.844. The molecular weight excluding hydrogens is 340 g/mol. The van der Waals surface area contributed by atoms with Gasteiger partial charge in [-0.2, -0.15) is 4.98 Å². The van der Waals surface area contributed by atoms with Gasteiger partial charge in [-0.15, -0.1) is 0 Å². The van der Waals surface area contributed by atoms with Crippen molar-refractivity contribution < 1.29 is 23.6 Å². The molecule has 0 saturated carbocycles. The van der Waals surface area contributed by atoms with E-state index in [1.165, 1.54) is 0 Å². The smallest absolute Gasteiger partial charge is 0.408 e. The molecule has 9 heteroatoms. The predicted molar refractivity (Wildman–Crippen MR) is 91.8 cm³/mol. The zero-order chi connectivity index (χ0) is 18.9. The van der Waals surface area contributed by atoms with Crippen molar-refractivity contribution >= 4 is 17.7 Å². The van der Waals surface area contributed by atoms with Gasteiger partial charge in [0.15, 0.2) is 5.82 Å². The van der Waals surface area contributed by atoms with Gasteiger partial charge in [0.1, 0.15) is 24.0 Å². The third-order valence-corrected chi connectivity index (χ3v) is 3.42. The summed E-state index contributed by atoms with van der Waals surface area (Å²) in [4.78, 5) is 28.5. The molecule has 1 aliphatic heterocycles. The number of alkyl carbamates (subject to hydrolysis) is 1. The van der Waals surface area contributed by atoms with Gasteiger partial charge in [-0.3, -0.25) is 4.79 Å². The third-order valence-electron chi connectivity index (χ3n) is 3.42. The Kier molecular flexibility index (Phi) is 4.54. The lowest BCUT2D eigenvalue weighted by atomic mass is 10.2. The van der Waals surface area contributed by atoms with E-state index in [0.29, 0.717) is 28.7 Å². The molecular formula is C17H20N4O5. The number of hydrogen-bond donors (Lipinski definition) is 2. The normalized spacial score (nSPS) is 16.8. The highest BCUT2D eigenvalue weighted by molar-refractivity contribution is 5.99. The summed E-state index contributed by atoms with van der Waals surface area (Å²) >= 11 is 0. The number of carbonyl (C=O) groups is 2. The van der Waals surface area contributed by atoms with Crippen LogP contribution >= 0.6 is 0 Å². The van der Waals surface area contributed by atoms with Gasteiger partial charge in [-0.05, 0) is 45.9 Å². The highest BCUT2D eigenvalue weighted by atomic mass is 16.6. The van der Waals surface area contributed by atoms with Crippen molar-refractivity contribution in [1.82, 2.24) is 15.5 Å². The molecule has 1 aliphatic rings. The summed E-state index contributed by atoms with van der Waals surface area (Å²) in [7, 11) is 0. The van der Waals surface area contributed by atoms with E-state index in [1.807, 2.05) is 0 Å². The van der Waals surface area contributed by atoms with Crippen LogP contribution in [0.2, 0.25) is 0 Å². The lowest BCUT2D eigenvalue weighted by Gasteiger charge is -2.22. The van der Waals surface area contributed by atoms with Crippen LogP contribution in [0.25, 0.3) is 11.5 Å². The maximum Gasteiger partial charge on any atom is 0.408 e. The maximum atomic E-state index is 12.4. The zero-order valence-corrected chi connectivity index (χ0v) is 15.0. The van der Waals surface area contributed by atoms with E-state index in [9.17, 15) is 9.59 Å². The maximum absolute atomic E-state index is 12.4. The number of aryl methyl sites for hydroxylation is 1. The topological polar surface area (TPSA) is 116 Å². The van der Waals surface area contributed by atoms with Crippen LogP contribution in [0.5, 0.6) is 5.75 Å². The number of carbonyl (C=O) groups excluding carboxylic acids is 2. The molecule has 2 amide bonds. The van der Waals surface area contributed by atoms with Gasteiger partial charge < -0.3 is 24.6 Å². The molecule has 0 aliphatic carbocycles. The Labute approximate surface area is 150 Å². The Morgan fingerprint density at radius 1 is 1.38 bits per heavy atom. The van der Waals surface area contributed by atoms with Gasteiger partial charge in [-0.1, -0.05) is 5.16 Å². The first-order chi connectivity index (χ1) is 12.2. The molecule has 3 rings (SSSR count). The van der Waals surface area contributed by atoms with E-state index in [1.54, 1.807) is 45.9 Å². The molecule has 0 radical (unpaired) electrons. The van der Waals surface area contributed by atoms with Crippen molar-refractivity contribution in [1.29, 1.82) is 0 Å². The van der Waals surface area contributed by atoms with Crippen molar-refractivity contribution in [3.8, 4) is 17.2 Å². The molecule has 2 aromatic rings. The molecule has 0 fully saturated rings. The van der Waals surface area contributed by atoms with E-state index < -0.39 is 23.6 Å². The highest BCUT2D eigenvalue weighted by Crippen LogP contribution is 2.31. The highest BCUT2D eigenvalue weighted by Gasteiger charge is 2.28. The molecule has 1 atom stereocenters. The van der Waals surface area contributed by atoms with Crippen LogP contribution in [0.4, 0.5) is 10.5 Å². The van der Waals surface area contributed by atoms with Gasteiger partial charge in [0.2, 0.25) is 0 Å². The molecule has 0 bridgehead atoms. The Morgan fingerprint density at radius 3 is 2.81 bits per heavy atom. The largest absolute Gasteiger partial charge is 0.489 e. The summed E-state index contributed by atoms with van der Waals surface area (Å²) < 4.78 is 15.9. The van der Waals surface area contributed by atoms with Gasteiger partial charge >= 0.3 is 6.09 Å². The molecule has 138 valence electrons. The lowest BCUT2D eigenvalue weighted by molar-refractivity contribution is -0.118. The summed E-state index contributed by atoms with van der Waals surface area (Å²) in [6.45, 7) is 6.93. The van der Waals surface area contributed by atoms with Crippen LogP contribution in [0.1, 0.15) is 26.6 Å². The summed E-state index contributed by atoms with van der Waals surface area (Å²) in [5.74, 6) is 0.921. The molecule has 9 nitrogen and oxygen atoms in total. The van der Waals surface area contributed by atoms with Crippen LogP contribution in [-0.4, -0.2) is 40.4 Å². The zero-order valence-electron chi connectivity index (χ0n) is 15.0. The number of nitrogens with zero attached hydrogens (tertiary/aromatic N) is 2. The van der Waals surface area contributed by atoms with E-state index in [-0.39, 0.29) is 6.61 Å². The Bertz CT molecular complexity index is 840. The fourth-order valence-electron chi connectivity index (χ4n) is 2.33. The minimum Gasteiger partial charge on any atom is -0.489 e. The van der Waals surface area contributed by atoms with E-state index in [4.69, 9.17) is 14.0 Å². The number of aromatic nitrogens is 2. The second-order valence-corrected chi connectivity index (χ2v) is 6.86. The molecule has 0 unspecified atom stereocenters. The number of anilines is 1. The van der Waals surface area contributed by atoms with Gasteiger partial charge in [0, 0.05) is 5.56 Å². The van der Waals surface area contributed by atoms with Crippen molar-refractivity contribution in [2.75, 3.05) is 11.9 Å². The molecule has 0 spiro atoms. The number of amides is 2. The molecule has 2 N–H and O–H groups in total. The fourth-order valence-corrected chi connectivity index (χ4v) is 2.33. The number of rotatable bonds is 2. The minimum absolute atomic E-state index is 0.0168. The summed E-state index contributed by atoms with van der Waals surface area (Å²) in [5, 5.41) is 8.99. The number of ether oxygens (including phenoxy) is 2. The van der Waals surface area contributed by atoms with Crippen LogP contribution < -0.4 is 15.4 Å². The summed E-state index contributed by atoms with van der Waals surface area (Å²) in [6.07, 6.45) is -0.686. The van der Waals surface area contributed by atoms with Gasteiger partial charge in [0.25, 0.3) is 11.8 Å². The number of fused-ring (bicyclic) bond motifs is 1. The van der Waals surface area contributed by atoms with Crippen LogP contribution in [0.15, 0.2) is 22.7 Å². The van der Waals surface area contributed by atoms with Crippen molar-refractivity contribution in [2.45, 2.75) is 39.3 Å². The number of hydrogen-bond acceptors (Lipinski definition) is 7. The average molecular weight is 360 g/mol. The SMILES string of the molecule is Cc1noc(-c2ccc3c(c2)NC(=O)[C@H](NC(=O)OC(C)(C)C)CO3)n1. The first kappa shape index (κ1) is 17.7. The van der Waals surface area contributed by atoms with Crippen molar-refractivity contribution in [3.05, 3.63) is 24.0 Å². The van der Waals surface area contributed by atoms with Gasteiger partial charge in [0.05, 0.1) is 5.69 Å². The first-order valence-corrected chi connectivity index (χ1v) is 8.09. The van der Waals surface area contributed by atoms with Crippen LogP contribution in [0, 0.1) is 6.92 Å². The number of benzene rings is 1. The third kappa shape index (κ3) is 4.11. The average Bonchev–Trinajstić information content (AvgIpc) is 2.90. The molecule has 1 aromatic heterocycles. The van der Waals surface area contributed by atoms with E-state index in [2.05, 4.69) is 20.8 Å². The Balaban J connectivity index is 1.74. The Morgan fingerprint density at radius 2 is 2.15 bits per heavy atom. The number of nitrogens with one attached hydrogen (secondary N) is 2. The molecule has 1 aromatic carbocycles. The standard InChI is InChI=1S/C17H20N4O5/c1-9-18-15(26-21-9)10-5-6-13-11(7-10)19-14(22)12(8-24-13)20-16(23)25-17(2,3)4/h5-7,12H,8H2,1-4H3,(H,19,22)(H,20,23)/t12-/m1/s1. The lowest BCUT2D eigenvalue weighted by Crippen LogP contribution is -2.48. The minimum atomic E-state index is -0.883. The van der Waals surface area contributed by atoms with Crippen LogP contribution in [0.3, 0.4) is 0 Å². The summed E-state index contributed by atoms with van der Waals surface area (Å²) in [6, 6.07) is 4.24.